The third-order valence-electron chi connectivity index (χ3n) is 4.12. The average Bonchev–Trinajstić information content (AvgIpc) is 2.31. The molecule has 1 aromatic rings. The number of likely N-dealkylation sites (N-methyl/N-ethyl adjacent to an activating group) is 1. The summed E-state index contributed by atoms with van der Waals surface area (Å²) in [5.41, 5.74) is 2.91. The lowest BCUT2D eigenvalue weighted by Crippen LogP contribution is -2.43. The van der Waals surface area contributed by atoms with Gasteiger partial charge >= 0.3 is 0 Å². The molecule has 1 saturated carbocycles. The fraction of sp³-hybridized carbons (Fsp3) is 0.625. The summed E-state index contributed by atoms with van der Waals surface area (Å²) >= 11 is 0. The van der Waals surface area contributed by atoms with E-state index >= 15 is 0 Å². The Morgan fingerprint density at radius 1 is 1.33 bits per heavy atom. The van der Waals surface area contributed by atoms with Crippen molar-refractivity contribution in [2.24, 2.45) is 0 Å². The van der Waals surface area contributed by atoms with E-state index in [9.17, 15) is 0 Å². The lowest BCUT2D eigenvalue weighted by Gasteiger charge is -2.37. The van der Waals surface area contributed by atoms with Crippen LogP contribution < -0.4 is 5.32 Å². The van der Waals surface area contributed by atoms with Gasteiger partial charge in [0.25, 0.3) is 0 Å². The Balaban J connectivity index is 1.68. The van der Waals surface area contributed by atoms with Gasteiger partial charge in [-0.3, -0.25) is 0 Å². The molecule has 0 atom stereocenters. The highest BCUT2D eigenvalue weighted by Gasteiger charge is 2.29. The highest BCUT2D eigenvalue weighted by molar-refractivity contribution is 5.27. The summed E-state index contributed by atoms with van der Waals surface area (Å²) in [5, 5.41) is 3.66. The van der Waals surface area contributed by atoms with Crippen LogP contribution >= 0.6 is 0 Å². The first-order chi connectivity index (χ1) is 8.69. The van der Waals surface area contributed by atoms with Gasteiger partial charge in [-0.15, -0.1) is 0 Å². The van der Waals surface area contributed by atoms with Crippen LogP contribution in [0.5, 0.6) is 0 Å². The number of nitrogens with one attached hydrogen (secondary N) is 1. The van der Waals surface area contributed by atoms with E-state index in [4.69, 9.17) is 0 Å². The van der Waals surface area contributed by atoms with E-state index in [0.717, 1.165) is 31.6 Å². The zero-order valence-corrected chi connectivity index (χ0v) is 11.9. The normalized spacial score (nSPS) is 23.1. The molecule has 0 spiro atoms. The second-order valence-corrected chi connectivity index (χ2v) is 5.63. The molecular weight excluding hydrogens is 220 g/mol. The van der Waals surface area contributed by atoms with Gasteiger partial charge in [0.1, 0.15) is 0 Å². The fourth-order valence-electron chi connectivity index (χ4n) is 2.60. The standard InChI is InChI=1S/C16H26N2/c1-4-18(3)9-8-17-16-11-15(12-16)14-7-5-6-13(2)10-14/h5-7,10,15-17H,4,8-9,11-12H2,1-3H3. The topological polar surface area (TPSA) is 15.3 Å². The minimum atomic E-state index is 0.737. The van der Waals surface area contributed by atoms with Crippen LogP contribution in [0.3, 0.4) is 0 Å². The van der Waals surface area contributed by atoms with Crippen molar-refractivity contribution < 1.29 is 0 Å². The Morgan fingerprint density at radius 3 is 2.78 bits per heavy atom. The van der Waals surface area contributed by atoms with E-state index in [2.05, 4.69) is 55.4 Å². The van der Waals surface area contributed by atoms with E-state index in [-0.39, 0.29) is 0 Å². The molecule has 0 aromatic heterocycles. The van der Waals surface area contributed by atoms with E-state index in [1.54, 1.807) is 0 Å². The van der Waals surface area contributed by atoms with Gasteiger partial charge in [-0.25, -0.2) is 0 Å². The van der Waals surface area contributed by atoms with Crippen LogP contribution in [0.1, 0.15) is 36.8 Å². The quantitative estimate of drug-likeness (QED) is 0.830. The molecule has 1 fully saturated rings. The molecule has 1 N–H and O–H groups in total. The Labute approximate surface area is 111 Å². The largest absolute Gasteiger partial charge is 0.313 e. The molecule has 100 valence electrons. The van der Waals surface area contributed by atoms with Crippen molar-refractivity contribution in [2.75, 3.05) is 26.7 Å². The lowest BCUT2D eigenvalue weighted by atomic mass is 9.75. The Hall–Kier alpha value is -0.860. The SMILES string of the molecule is CCN(C)CCNC1CC(c2cccc(C)c2)C1. The highest BCUT2D eigenvalue weighted by Crippen LogP contribution is 2.36. The predicted octanol–water partition coefficient (Wildman–Crippen LogP) is 2.78. The molecule has 1 aliphatic rings. The van der Waals surface area contributed by atoms with Crippen molar-refractivity contribution in [3.63, 3.8) is 0 Å². The zero-order valence-electron chi connectivity index (χ0n) is 11.9. The first-order valence-electron chi connectivity index (χ1n) is 7.17. The van der Waals surface area contributed by atoms with Crippen molar-refractivity contribution in [2.45, 2.75) is 38.6 Å². The van der Waals surface area contributed by atoms with Crippen LogP contribution in [0.2, 0.25) is 0 Å². The molecule has 0 saturated heterocycles. The first kappa shape index (κ1) is 13.6. The summed E-state index contributed by atoms with van der Waals surface area (Å²) in [7, 11) is 2.18. The second-order valence-electron chi connectivity index (χ2n) is 5.63. The predicted molar refractivity (Wildman–Crippen MR) is 78.1 cm³/mol. The monoisotopic (exact) mass is 246 g/mol. The molecule has 18 heavy (non-hydrogen) atoms. The highest BCUT2D eigenvalue weighted by atomic mass is 15.1. The summed E-state index contributed by atoms with van der Waals surface area (Å²) in [6, 6.07) is 9.71. The summed E-state index contributed by atoms with van der Waals surface area (Å²) in [4.78, 5) is 2.35. The molecule has 2 rings (SSSR count). The van der Waals surface area contributed by atoms with Crippen molar-refractivity contribution in [1.82, 2.24) is 10.2 Å². The van der Waals surface area contributed by atoms with Crippen LogP contribution in [-0.2, 0) is 0 Å². The maximum absolute atomic E-state index is 3.66. The fourth-order valence-corrected chi connectivity index (χ4v) is 2.60. The molecule has 0 amide bonds. The van der Waals surface area contributed by atoms with Crippen molar-refractivity contribution >= 4 is 0 Å². The molecule has 0 radical (unpaired) electrons. The molecular formula is C16H26N2. The van der Waals surface area contributed by atoms with Gasteiger partial charge in [0.2, 0.25) is 0 Å². The number of benzene rings is 1. The van der Waals surface area contributed by atoms with Crippen LogP contribution in [0.25, 0.3) is 0 Å². The maximum Gasteiger partial charge on any atom is 0.0104 e. The molecule has 2 heteroatoms. The Kier molecular flexibility index (Phi) is 4.79. The van der Waals surface area contributed by atoms with Crippen molar-refractivity contribution in [1.29, 1.82) is 0 Å². The maximum atomic E-state index is 3.66. The molecule has 2 nitrogen and oxygen atoms in total. The molecule has 1 aromatic carbocycles. The third kappa shape index (κ3) is 3.56. The number of hydrogen-bond donors (Lipinski definition) is 1. The van der Waals surface area contributed by atoms with Crippen molar-refractivity contribution in [3.05, 3.63) is 35.4 Å². The number of hydrogen-bond acceptors (Lipinski definition) is 2. The minimum Gasteiger partial charge on any atom is -0.313 e. The molecule has 1 aliphatic carbocycles. The summed E-state index contributed by atoms with van der Waals surface area (Å²) in [5.74, 6) is 0.784. The molecule has 0 aliphatic heterocycles. The summed E-state index contributed by atoms with van der Waals surface area (Å²) in [6.45, 7) is 7.80. The van der Waals surface area contributed by atoms with Gasteiger partial charge in [-0.1, -0.05) is 36.8 Å². The van der Waals surface area contributed by atoms with Gasteiger partial charge in [-0.2, -0.15) is 0 Å². The number of aryl methyl sites for hydroxylation is 1. The Morgan fingerprint density at radius 2 is 2.11 bits per heavy atom. The van der Waals surface area contributed by atoms with Crippen LogP contribution in [0, 0.1) is 6.92 Å². The molecule has 0 bridgehead atoms. The number of nitrogens with zero attached hydrogens (tertiary/aromatic N) is 1. The molecule has 0 unspecified atom stereocenters. The van der Waals surface area contributed by atoms with E-state index in [1.807, 2.05) is 0 Å². The van der Waals surface area contributed by atoms with E-state index in [1.165, 1.54) is 24.0 Å². The zero-order chi connectivity index (χ0) is 13.0. The molecule has 0 heterocycles. The van der Waals surface area contributed by atoms with Crippen LogP contribution in [0.15, 0.2) is 24.3 Å². The van der Waals surface area contributed by atoms with E-state index in [0.29, 0.717) is 0 Å². The minimum absolute atomic E-state index is 0.737. The first-order valence-corrected chi connectivity index (χ1v) is 7.17. The van der Waals surface area contributed by atoms with Gasteiger partial charge in [-0.05, 0) is 44.8 Å². The second kappa shape index (κ2) is 6.35. The Bertz CT molecular complexity index is 369. The van der Waals surface area contributed by atoms with E-state index < -0.39 is 0 Å². The van der Waals surface area contributed by atoms with Gasteiger partial charge in [0.05, 0.1) is 0 Å². The van der Waals surface area contributed by atoms with Gasteiger partial charge in [0, 0.05) is 19.1 Å². The third-order valence-corrected chi connectivity index (χ3v) is 4.12. The summed E-state index contributed by atoms with van der Waals surface area (Å²) < 4.78 is 0. The average molecular weight is 246 g/mol. The lowest BCUT2D eigenvalue weighted by molar-refractivity contribution is 0.270. The van der Waals surface area contributed by atoms with Crippen LogP contribution in [0.4, 0.5) is 0 Å². The van der Waals surface area contributed by atoms with Gasteiger partial charge < -0.3 is 10.2 Å². The van der Waals surface area contributed by atoms with Gasteiger partial charge in [0.15, 0.2) is 0 Å². The summed E-state index contributed by atoms with van der Waals surface area (Å²) in [6.07, 6.45) is 2.61. The number of rotatable bonds is 6. The van der Waals surface area contributed by atoms with Crippen LogP contribution in [-0.4, -0.2) is 37.6 Å². The van der Waals surface area contributed by atoms with Crippen molar-refractivity contribution in [3.8, 4) is 0 Å². The smallest absolute Gasteiger partial charge is 0.0104 e.